The van der Waals surface area contributed by atoms with Gasteiger partial charge in [-0.05, 0) is 23.6 Å². The average molecular weight is 363 g/mol. The molecule has 1 aromatic heterocycles. The summed E-state index contributed by atoms with van der Waals surface area (Å²) in [6.07, 6.45) is 6.55. The van der Waals surface area contributed by atoms with Crippen LogP contribution in [0.5, 0.6) is 0 Å². The van der Waals surface area contributed by atoms with Gasteiger partial charge >= 0.3 is 0 Å². The lowest BCUT2D eigenvalue weighted by molar-refractivity contribution is -0.126. The molecule has 0 bridgehead atoms. The number of hydrogen-bond acceptors (Lipinski definition) is 5. The first kappa shape index (κ1) is 16.7. The molecule has 6 nitrogen and oxygen atoms in total. The lowest BCUT2D eigenvalue weighted by Gasteiger charge is -2.28. The van der Waals surface area contributed by atoms with Crippen LogP contribution in [0.1, 0.15) is 4.88 Å². The Hall–Kier alpha value is -2.19. The fourth-order valence-corrected chi connectivity index (χ4v) is 4.16. The summed E-state index contributed by atoms with van der Waals surface area (Å²) in [5.74, 6) is 0.187. The zero-order valence-electron chi connectivity index (χ0n) is 13.0. The van der Waals surface area contributed by atoms with Crippen LogP contribution in [0.2, 0.25) is 0 Å². The van der Waals surface area contributed by atoms with E-state index < -0.39 is 10.0 Å². The van der Waals surface area contributed by atoms with Gasteiger partial charge in [0.1, 0.15) is 5.84 Å². The second-order valence-electron chi connectivity index (χ2n) is 5.40. The van der Waals surface area contributed by atoms with Crippen LogP contribution in [0.3, 0.4) is 0 Å². The SMILES string of the molecule is C=CCN(Cc1cccs1)C(=O)C1=CN2CCS(=O)(=O)N=C2C=C1. The van der Waals surface area contributed by atoms with Gasteiger partial charge in [-0.15, -0.1) is 22.3 Å². The first-order chi connectivity index (χ1) is 11.5. The van der Waals surface area contributed by atoms with Gasteiger partial charge in [0.2, 0.25) is 0 Å². The molecule has 1 amide bonds. The van der Waals surface area contributed by atoms with Crippen LogP contribution in [0, 0.1) is 0 Å². The number of amides is 1. The topological polar surface area (TPSA) is 70.1 Å². The van der Waals surface area contributed by atoms with E-state index >= 15 is 0 Å². The zero-order valence-corrected chi connectivity index (χ0v) is 14.6. The fraction of sp³-hybridized carbons (Fsp3) is 0.250. The number of amidine groups is 1. The number of nitrogens with zero attached hydrogens (tertiary/aromatic N) is 3. The van der Waals surface area contributed by atoms with Crippen LogP contribution < -0.4 is 0 Å². The van der Waals surface area contributed by atoms with Crippen molar-refractivity contribution in [3.8, 4) is 0 Å². The van der Waals surface area contributed by atoms with Gasteiger partial charge in [0.25, 0.3) is 15.9 Å². The smallest absolute Gasteiger partial charge is 0.256 e. The van der Waals surface area contributed by atoms with E-state index in [0.29, 0.717) is 31.0 Å². The van der Waals surface area contributed by atoms with E-state index in [1.165, 1.54) is 0 Å². The molecular formula is C16H17N3O3S2. The van der Waals surface area contributed by atoms with E-state index in [9.17, 15) is 13.2 Å². The fourth-order valence-electron chi connectivity index (χ4n) is 2.48. The summed E-state index contributed by atoms with van der Waals surface area (Å²) in [4.78, 5) is 17.3. The molecule has 3 rings (SSSR count). The first-order valence-electron chi connectivity index (χ1n) is 7.40. The van der Waals surface area contributed by atoms with Gasteiger partial charge in [-0.25, -0.2) is 8.42 Å². The molecule has 2 aliphatic heterocycles. The minimum absolute atomic E-state index is 0.0477. The van der Waals surface area contributed by atoms with Gasteiger partial charge in [-0.3, -0.25) is 4.79 Å². The lowest BCUT2D eigenvalue weighted by atomic mass is 10.1. The van der Waals surface area contributed by atoms with Crippen molar-refractivity contribution in [3.63, 3.8) is 0 Å². The van der Waals surface area contributed by atoms with Crippen molar-refractivity contribution in [1.82, 2.24) is 9.80 Å². The summed E-state index contributed by atoms with van der Waals surface area (Å²) in [6, 6.07) is 3.94. The molecule has 0 saturated carbocycles. The Labute approximate surface area is 145 Å². The predicted molar refractivity (Wildman–Crippen MR) is 95.1 cm³/mol. The monoisotopic (exact) mass is 363 g/mol. The molecule has 0 fully saturated rings. The highest BCUT2D eigenvalue weighted by Crippen LogP contribution is 2.19. The third kappa shape index (κ3) is 3.65. The molecule has 24 heavy (non-hydrogen) atoms. The zero-order chi connectivity index (χ0) is 17.2. The molecule has 0 spiro atoms. The Kier molecular flexibility index (Phi) is 4.68. The maximum absolute atomic E-state index is 12.8. The normalized spacial score (nSPS) is 18.4. The lowest BCUT2D eigenvalue weighted by Crippen LogP contribution is -2.39. The third-order valence-corrected chi connectivity index (χ3v) is 5.66. The van der Waals surface area contributed by atoms with E-state index in [1.807, 2.05) is 17.5 Å². The van der Waals surface area contributed by atoms with Gasteiger partial charge in [0, 0.05) is 24.2 Å². The number of sulfonamides is 1. The van der Waals surface area contributed by atoms with Gasteiger partial charge in [0.05, 0.1) is 17.9 Å². The van der Waals surface area contributed by atoms with Crippen molar-refractivity contribution in [2.24, 2.45) is 4.40 Å². The van der Waals surface area contributed by atoms with Crippen molar-refractivity contribution in [3.05, 3.63) is 59.0 Å². The molecule has 0 N–H and O–H groups in total. The number of carbonyl (C=O) groups is 1. The van der Waals surface area contributed by atoms with Crippen molar-refractivity contribution in [2.45, 2.75) is 6.54 Å². The van der Waals surface area contributed by atoms with Crippen LogP contribution in [0.15, 0.2) is 58.5 Å². The molecule has 126 valence electrons. The standard InChI is InChI=1S/C16H17N3O3S2/c1-2-7-19(12-14-4-3-9-23-14)16(20)13-5-6-15-17-24(21,22)10-8-18(15)11-13/h2-6,9,11H,1,7-8,10,12H2. The molecule has 3 heterocycles. The third-order valence-electron chi connectivity index (χ3n) is 3.63. The van der Waals surface area contributed by atoms with Crippen LogP contribution in [-0.2, 0) is 21.4 Å². The van der Waals surface area contributed by atoms with Gasteiger partial charge in [0.15, 0.2) is 0 Å². The Bertz CT molecular complexity index is 836. The predicted octanol–water partition coefficient (Wildman–Crippen LogP) is 1.76. The molecular weight excluding hydrogens is 346 g/mol. The summed E-state index contributed by atoms with van der Waals surface area (Å²) in [5, 5.41) is 1.97. The molecule has 2 aliphatic rings. The number of thiophene rings is 1. The summed E-state index contributed by atoms with van der Waals surface area (Å²) >= 11 is 1.60. The number of hydrogen-bond donors (Lipinski definition) is 0. The Morgan fingerprint density at radius 2 is 2.29 bits per heavy atom. The molecule has 0 aliphatic carbocycles. The van der Waals surface area contributed by atoms with Crippen molar-refractivity contribution < 1.29 is 13.2 Å². The van der Waals surface area contributed by atoms with Crippen LogP contribution in [0.25, 0.3) is 0 Å². The van der Waals surface area contributed by atoms with Crippen LogP contribution in [0.4, 0.5) is 0 Å². The molecule has 1 aromatic rings. The molecule has 0 atom stereocenters. The van der Waals surface area contributed by atoms with Gasteiger partial charge in [-0.2, -0.15) is 0 Å². The number of fused-ring (bicyclic) bond motifs is 1. The largest absolute Gasteiger partial charge is 0.330 e. The van der Waals surface area contributed by atoms with Crippen LogP contribution >= 0.6 is 11.3 Å². The quantitative estimate of drug-likeness (QED) is 0.748. The Morgan fingerprint density at radius 1 is 1.46 bits per heavy atom. The Morgan fingerprint density at radius 3 is 3.00 bits per heavy atom. The van der Waals surface area contributed by atoms with E-state index in [4.69, 9.17) is 0 Å². The molecule has 0 radical (unpaired) electrons. The summed E-state index contributed by atoms with van der Waals surface area (Å²) in [6.45, 7) is 4.97. The van der Waals surface area contributed by atoms with E-state index in [2.05, 4.69) is 11.0 Å². The minimum Gasteiger partial charge on any atom is -0.330 e. The minimum atomic E-state index is -3.39. The van der Waals surface area contributed by atoms with Gasteiger partial charge in [-0.1, -0.05) is 12.1 Å². The second kappa shape index (κ2) is 6.74. The van der Waals surface area contributed by atoms with Crippen molar-refractivity contribution in [1.29, 1.82) is 0 Å². The number of carbonyl (C=O) groups excluding carboxylic acids is 1. The highest BCUT2D eigenvalue weighted by molar-refractivity contribution is 7.90. The maximum atomic E-state index is 12.8. The van der Waals surface area contributed by atoms with Crippen molar-refractivity contribution >= 4 is 33.1 Å². The molecule has 8 heteroatoms. The van der Waals surface area contributed by atoms with E-state index in [1.54, 1.807) is 45.6 Å². The van der Waals surface area contributed by atoms with E-state index in [0.717, 1.165) is 4.88 Å². The highest BCUT2D eigenvalue weighted by Gasteiger charge is 2.26. The summed E-state index contributed by atoms with van der Waals surface area (Å²) in [7, 11) is -3.39. The summed E-state index contributed by atoms with van der Waals surface area (Å²) < 4.78 is 26.8. The molecule has 0 unspecified atom stereocenters. The highest BCUT2D eigenvalue weighted by atomic mass is 32.2. The van der Waals surface area contributed by atoms with Gasteiger partial charge < -0.3 is 9.80 Å². The summed E-state index contributed by atoms with van der Waals surface area (Å²) in [5.41, 5.74) is 0.506. The van der Waals surface area contributed by atoms with Crippen molar-refractivity contribution in [2.75, 3.05) is 18.8 Å². The van der Waals surface area contributed by atoms with E-state index in [-0.39, 0.29) is 11.7 Å². The average Bonchev–Trinajstić information content (AvgIpc) is 3.05. The second-order valence-corrected chi connectivity index (χ2v) is 8.19. The molecule has 0 saturated heterocycles. The van der Waals surface area contributed by atoms with Crippen LogP contribution in [-0.4, -0.2) is 48.8 Å². The Balaban J connectivity index is 1.80. The number of rotatable bonds is 5. The first-order valence-corrected chi connectivity index (χ1v) is 9.89. The maximum Gasteiger partial charge on any atom is 0.256 e. The molecule has 0 aromatic carbocycles.